The van der Waals surface area contributed by atoms with Gasteiger partial charge in [-0.3, -0.25) is 0 Å². The van der Waals surface area contributed by atoms with Crippen LogP contribution in [-0.4, -0.2) is 60.8 Å². The smallest absolute Gasteiger partial charge is 0.315 e. The summed E-state index contributed by atoms with van der Waals surface area (Å²) in [5.74, 6) is -51.6. The molecule has 0 aromatic heterocycles. The molecule has 0 aliphatic carbocycles. The highest BCUT2D eigenvalue weighted by Crippen LogP contribution is 2.64. The van der Waals surface area contributed by atoms with Crippen molar-refractivity contribution in [3.05, 3.63) is 0 Å². The van der Waals surface area contributed by atoms with Crippen LogP contribution in [0.2, 0.25) is 0 Å². The first-order valence-corrected chi connectivity index (χ1v) is 8.73. The fourth-order valence-electron chi connectivity index (χ4n) is 1.74. The Bertz CT molecular complexity index is 800. The lowest BCUT2D eigenvalue weighted by Gasteiger charge is -2.42. The van der Waals surface area contributed by atoms with E-state index < -0.39 is 68.6 Å². The van der Waals surface area contributed by atoms with Gasteiger partial charge >= 0.3 is 47.0 Å². The summed E-state index contributed by atoms with van der Waals surface area (Å²) in [7, 11) is -7.20. The first-order valence-electron chi connectivity index (χ1n) is 7.18. The topological polar surface area (TPSA) is 60.2 Å². The minimum Gasteiger partial charge on any atom is -0.315 e. The zero-order valence-corrected chi connectivity index (χ0v) is 15.3. The summed E-state index contributed by atoms with van der Waals surface area (Å²) in [6.07, 6.45) is -9.18. The van der Waals surface area contributed by atoms with Crippen molar-refractivity contribution in [2.45, 2.75) is 65.7 Å². The van der Waals surface area contributed by atoms with Crippen molar-refractivity contribution in [2.75, 3.05) is 0 Å². The molecule has 0 aromatic carbocycles. The Balaban J connectivity index is 6.99. The lowest BCUT2D eigenvalue weighted by molar-refractivity contribution is -0.458. The molecule has 1 unspecified atom stereocenters. The molecule has 0 aliphatic rings. The van der Waals surface area contributed by atoms with E-state index in [0.29, 0.717) is 6.92 Å². The lowest BCUT2D eigenvalue weighted by Crippen LogP contribution is -2.75. The fourth-order valence-corrected chi connectivity index (χ4v) is 3.04. The highest BCUT2D eigenvalue weighted by atomic mass is 32.2. The summed E-state index contributed by atoms with van der Waals surface area (Å²) >= 11 is 0. The van der Waals surface area contributed by atoms with Gasteiger partial charge in [0.2, 0.25) is 9.84 Å². The monoisotopic (exact) mass is 541 g/mol. The molecule has 1 atom stereocenters. The van der Waals surface area contributed by atoms with E-state index in [1.165, 1.54) is 0 Å². The van der Waals surface area contributed by atoms with Crippen LogP contribution in [0.25, 0.3) is 0 Å². The van der Waals surface area contributed by atoms with Crippen LogP contribution in [0.1, 0.15) is 13.3 Å². The average Bonchev–Trinajstić information content (AvgIpc) is 2.58. The van der Waals surface area contributed by atoms with Crippen LogP contribution < -0.4 is 5.73 Å². The fraction of sp³-hybridized carbons (Fsp3) is 1.00. The second-order valence-electron chi connectivity index (χ2n) is 5.95. The number of nitrogens with two attached hydrogens (primary N) is 1. The normalized spacial score (nSPS) is 17.5. The Kier molecular flexibility index (Phi) is 7.32. The zero-order valence-electron chi connectivity index (χ0n) is 14.5. The van der Waals surface area contributed by atoms with Crippen molar-refractivity contribution in [1.82, 2.24) is 0 Å². The number of hydrogen-bond donors (Lipinski definition) is 1. The number of sulfone groups is 1. The standard InChI is InChI=1S/C11H8F17NO2S/c1-2-3(29)32(30,31)11(27,28)9(22,23)7(18,19)5(14,15)4(12,13)6(16,17)8(20,21)10(24,25)26/h3H,2,29H2,1H3. The van der Waals surface area contributed by atoms with Crippen molar-refractivity contribution >= 4 is 9.84 Å². The van der Waals surface area contributed by atoms with Gasteiger partial charge in [0.15, 0.2) is 0 Å². The molecule has 0 rings (SSSR count). The molecule has 2 N–H and O–H groups in total. The van der Waals surface area contributed by atoms with Gasteiger partial charge < -0.3 is 5.73 Å². The highest BCUT2D eigenvalue weighted by Gasteiger charge is 2.96. The first-order chi connectivity index (χ1) is 13.5. The van der Waals surface area contributed by atoms with Crippen molar-refractivity contribution in [1.29, 1.82) is 0 Å². The molecule has 32 heavy (non-hydrogen) atoms. The van der Waals surface area contributed by atoms with Crippen molar-refractivity contribution in [3.8, 4) is 0 Å². The molecule has 21 heteroatoms. The average molecular weight is 541 g/mol. The molecular formula is C11H8F17NO2S. The maximum Gasteiger partial charge on any atom is 0.460 e. The Labute approximate surface area is 165 Å². The predicted molar refractivity (Wildman–Crippen MR) is 67.9 cm³/mol. The summed E-state index contributed by atoms with van der Waals surface area (Å²) in [6, 6.07) is 0. The molecule has 194 valence electrons. The second kappa shape index (κ2) is 7.62. The molecule has 0 radical (unpaired) electrons. The second-order valence-corrected chi connectivity index (χ2v) is 8.16. The molecule has 0 saturated heterocycles. The summed E-state index contributed by atoms with van der Waals surface area (Å²) in [6.45, 7) is 0.525. The van der Waals surface area contributed by atoms with Gasteiger partial charge in [0.1, 0.15) is 5.37 Å². The van der Waals surface area contributed by atoms with E-state index in [1.54, 1.807) is 0 Å². The van der Waals surface area contributed by atoms with Crippen LogP contribution in [0.15, 0.2) is 0 Å². The van der Waals surface area contributed by atoms with E-state index in [-0.39, 0.29) is 0 Å². The van der Waals surface area contributed by atoms with Gasteiger partial charge in [0.05, 0.1) is 0 Å². The van der Waals surface area contributed by atoms with Crippen molar-refractivity contribution in [3.63, 3.8) is 0 Å². The molecule has 0 aliphatic heterocycles. The number of halogens is 17. The third-order valence-corrected chi connectivity index (χ3v) is 5.95. The van der Waals surface area contributed by atoms with Crippen molar-refractivity contribution in [2.24, 2.45) is 5.73 Å². The largest absolute Gasteiger partial charge is 0.460 e. The SMILES string of the molecule is CCC(N)S(=O)(=O)C(F)(F)C(F)(F)C(F)(F)C(F)(F)C(F)(F)C(F)(F)C(F)(F)C(F)(F)F. The third-order valence-electron chi connectivity index (χ3n) is 3.85. The van der Waals surface area contributed by atoms with Gasteiger partial charge in [-0.15, -0.1) is 0 Å². The minimum absolute atomic E-state index is 0.525. The van der Waals surface area contributed by atoms with Gasteiger partial charge in [-0.2, -0.15) is 74.6 Å². The molecule has 0 bridgehead atoms. The summed E-state index contributed by atoms with van der Waals surface area (Å²) in [5, 5.41) is -10.8. The van der Waals surface area contributed by atoms with Gasteiger partial charge in [-0.1, -0.05) is 6.92 Å². The Morgan fingerprint density at radius 1 is 0.562 bits per heavy atom. The van der Waals surface area contributed by atoms with Crippen LogP contribution in [0, 0.1) is 0 Å². The van der Waals surface area contributed by atoms with Crippen LogP contribution in [-0.2, 0) is 9.84 Å². The molecule has 0 spiro atoms. The van der Waals surface area contributed by atoms with E-state index in [1.807, 2.05) is 0 Å². The number of rotatable bonds is 9. The Hall–Kier alpha value is -1.28. The van der Waals surface area contributed by atoms with Gasteiger partial charge in [-0.05, 0) is 6.42 Å². The van der Waals surface area contributed by atoms with E-state index in [0.717, 1.165) is 0 Å². The van der Waals surface area contributed by atoms with Gasteiger partial charge in [0, 0.05) is 0 Å². The molecule has 3 nitrogen and oxygen atoms in total. The Morgan fingerprint density at radius 2 is 0.812 bits per heavy atom. The number of hydrogen-bond acceptors (Lipinski definition) is 3. The summed E-state index contributed by atoms with van der Waals surface area (Å²) < 4.78 is 244. The molecule has 0 aromatic rings. The van der Waals surface area contributed by atoms with Crippen LogP contribution in [0.5, 0.6) is 0 Å². The van der Waals surface area contributed by atoms with E-state index >= 15 is 0 Å². The van der Waals surface area contributed by atoms with Gasteiger partial charge in [-0.25, -0.2) is 8.42 Å². The minimum atomic E-state index is -8.84. The molecule has 0 amide bonds. The van der Waals surface area contributed by atoms with Gasteiger partial charge in [0.25, 0.3) is 0 Å². The molecule has 0 saturated carbocycles. The zero-order chi connectivity index (χ0) is 26.8. The van der Waals surface area contributed by atoms with Crippen LogP contribution in [0.4, 0.5) is 74.6 Å². The van der Waals surface area contributed by atoms with E-state index in [4.69, 9.17) is 0 Å². The quantitative estimate of drug-likeness (QED) is 0.416. The highest BCUT2D eigenvalue weighted by molar-refractivity contribution is 7.93. The molecule has 0 heterocycles. The lowest BCUT2D eigenvalue weighted by atomic mass is 9.91. The maximum atomic E-state index is 13.6. The Morgan fingerprint density at radius 3 is 1.06 bits per heavy atom. The summed E-state index contributed by atoms with van der Waals surface area (Å²) in [4.78, 5) is 0. The molecule has 0 fully saturated rings. The predicted octanol–water partition coefficient (Wildman–Crippen LogP) is 5.06. The third kappa shape index (κ3) is 3.56. The summed E-state index contributed by atoms with van der Waals surface area (Å²) in [5.41, 5.74) is 4.42. The first kappa shape index (κ1) is 30.7. The maximum absolute atomic E-state index is 13.6. The van der Waals surface area contributed by atoms with E-state index in [2.05, 4.69) is 5.73 Å². The number of alkyl halides is 17. The van der Waals surface area contributed by atoms with Crippen LogP contribution >= 0.6 is 0 Å². The van der Waals surface area contributed by atoms with Crippen molar-refractivity contribution < 1.29 is 83.1 Å². The van der Waals surface area contributed by atoms with Crippen LogP contribution in [0.3, 0.4) is 0 Å². The van der Waals surface area contributed by atoms with E-state index in [9.17, 15) is 83.1 Å². The molecular weight excluding hydrogens is 533 g/mol.